The number of amides is 1. The van der Waals surface area contributed by atoms with Crippen LogP contribution < -0.4 is 5.32 Å². The number of carbonyl (C=O) groups is 1. The molecule has 0 heterocycles. The van der Waals surface area contributed by atoms with E-state index in [2.05, 4.69) is 5.32 Å². The molecular weight excluding hydrogens is 269 g/mol. The molecule has 104 valence electrons. The molecule has 1 aromatic carbocycles. The molecule has 19 heavy (non-hydrogen) atoms. The maximum Gasteiger partial charge on any atom is 0.238 e. The van der Waals surface area contributed by atoms with Gasteiger partial charge in [-0.05, 0) is 37.5 Å². The van der Waals surface area contributed by atoms with Gasteiger partial charge in [-0.2, -0.15) is 0 Å². The van der Waals surface area contributed by atoms with Crippen molar-refractivity contribution < 1.29 is 17.6 Å². The highest BCUT2D eigenvalue weighted by Gasteiger charge is 2.32. The molecule has 0 radical (unpaired) electrons. The van der Waals surface area contributed by atoms with Gasteiger partial charge in [0.15, 0.2) is 9.84 Å². The van der Waals surface area contributed by atoms with Crippen molar-refractivity contribution in [3.63, 3.8) is 0 Å². The van der Waals surface area contributed by atoms with Crippen molar-refractivity contribution in [2.24, 2.45) is 0 Å². The standard InChI is InChI=1S/C13H16FNO3S/c1-9(13(16)15-12-5-6-12)19(17,18)8-10-3-2-4-11(14)7-10/h2-4,7,9,12H,5-6,8H2,1H3,(H,15,16)/t9-/m0/s1. The van der Waals surface area contributed by atoms with Crippen molar-refractivity contribution >= 4 is 15.7 Å². The molecule has 1 aliphatic rings. The van der Waals surface area contributed by atoms with Crippen LogP contribution in [0.1, 0.15) is 25.3 Å². The summed E-state index contributed by atoms with van der Waals surface area (Å²) in [6.45, 7) is 1.37. The van der Waals surface area contributed by atoms with E-state index in [1.807, 2.05) is 0 Å². The van der Waals surface area contributed by atoms with E-state index in [1.54, 1.807) is 0 Å². The topological polar surface area (TPSA) is 63.2 Å². The summed E-state index contributed by atoms with van der Waals surface area (Å²) in [6, 6.07) is 5.53. The highest BCUT2D eigenvalue weighted by atomic mass is 32.2. The summed E-state index contributed by atoms with van der Waals surface area (Å²) < 4.78 is 37.2. The number of hydrogen-bond acceptors (Lipinski definition) is 3. The number of halogens is 1. The number of rotatable bonds is 5. The van der Waals surface area contributed by atoms with Gasteiger partial charge < -0.3 is 5.32 Å². The number of nitrogens with one attached hydrogen (secondary N) is 1. The van der Waals surface area contributed by atoms with Crippen LogP contribution in [0, 0.1) is 5.82 Å². The smallest absolute Gasteiger partial charge is 0.238 e. The Labute approximate surface area is 111 Å². The van der Waals surface area contributed by atoms with Crippen LogP contribution in [0.15, 0.2) is 24.3 Å². The second kappa shape index (κ2) is 5.28. The van der Waals surface area contributed by atoms with Crippen LogP contribution in [0.3, 0.4) is 0 Å². The van der Waals surface area contributed by atoms with Crippen molar-refractivity contribution in [2.75, 3.05) is 0 Å². The first kappa shape index (κ1) is 14.0. The average molecular weight is 285 g/mol. The van der Waals surface area contributed by atoms with Gasteiger partial charge >= 0.3 is 0 Å². The lowest BCUT2D eigenvalue weighted by Crippen LogP contribution is -2.39. The van der Waals surface area contributed by atoms with Gasteiger partial charge in [-0.25, -0.2) is 12.8 Å². The van der Waals surface area contributed by atoms with E-state index in [4.69, 9.17) is 0 Å². The van der Waals surface area contributed by atoms with Gasteiger partial charge in [0.2, 0.25) is 5.91 Å². The fraction of sp³-hybridized carbons (Fsp3) is 0.462. The first-order chi connectivity index (χ1) is 8.88. The highest BCUT2D eigenvalue weighted by Crippen LogP contribution is 2.20. The second-order valence-electron chi connectivity index (χ2n) is 4.86. The van der Waals surface area contributed by atoms with Crippen LogP contribution in [-0.2, 0) is 20.4 Å². The molecule has 6 heteroatoms. The van der Waals surface area contributed by atoms with Crippen LogP contribution >= 0.6 is 0 Å². The molecule has 1 atom stereocenters. The third kappa shape index (κ3) is 3.76. The van der Waals surface area contributed by atoms with Gasteiger partial charge in [0.1, 0.15) is 11.1 Å². The van der Waals surface area contributed by atoms with Gasteiger partial charge in [0.25, 0.3) is 0 Å². The van der Waals surface area contributed by atoms with Crippen LogP contribution in [-0.4, -0.2) is 25.6 Å². The zero-order chi connectivity index (χ0) is 14.0. The predicted octanol–water partition coefficient (Wildman–Crippen LogP) is 1.41. The lowest BCUT2D eigenvalue weighted by molar-refractivity contribution is -0.120. The Bertz CT molecular complexity index is 581. The SMILES string of the molecule is C[C@@H](C(=O)NC1CC1)S(=O)(=O)Cc1cccc(F)c1. The first-order valence-electron chi connectivity index (χ1n) is 6.15. The Morgan fingerprint density at radius 2 is 2.16 bits per heavy atom. The summed E-state index contributed by atoms with van der Waals surface area (Å²) >= 11 is 0. The quantitative estimate of drug-likeness (QED) is 0.889. The highest BCUT2D eigenvalue weighted by molar-refractivity contribution is 7.92. The molecule has 0 bridgehead atoms. The molecule has 1 aromatic rings. The van der Waals surface area contributed by atoms with Gasteiger partial charge in [0, 0.05) is 6.04 Å². The Hall–Kier alpha value is -1.43. The summed E-state index contributed by atoms with van der Waals surface area (Å²) in [5.74, 6) is -1.29. The van der Waals surface area contributed by atoms with Crippen LogP contribution in [0.25, 0.3) is 0 Å². The van der Waals surface area contributed by atoms with Crippen molar-refractivity contribution in [1.29, 1.82) is 0 Å². The summed E-state index contributed by atoms with van der Waals surface area (Å²) in [5.41, 5.74) is 0.353. The zero-order valence-corrected chi connectivity index (χ0v) is 11.4. The van der Waals surface area contributed by atoms with E-state index < -0.39 is 26.8 Å². The molecule has 0 aromatic heterocycles. The lowest BCUT2D eigenvalue weighted by Gasteiger charge is -2.13. The first-order valence-corrected chi connectivity index (χ1v) is 7.86. The Kier molecular flexibility index (Phi) is 3.89. The van der Waals surface area contributed by atoms with E-state index in [9.17, 15) is 17.6 Å². The Morgan fingerprint density at radius 1 is 1.47 bits per heavy atom. The number of benzene rings is 1. The van der Waals surface area contributed by atoms with Gasteiger partial charge in [0.05, 0.1) is 5.75 Å². The Balaban J connectivity index is 2.06. The number of sulfone groups is 1. The molecule has 0 unspecified atom stereocenters. The monoisotopic (exact) mass is 285 g/mol. The molecule has 2 rings (SSSR count). The maximum absolute atomic E-state index is 13.0. The molecule has 1 saturated carbocycles. The van der Waals surface area contributed by atoms with E-state index in [0.29, 0.717) is 5.56 Å². The number of carbonyl (C=O) groups excluding carboxylic acids is 1. The molecule has 1 aliphatic carbocycles. The van der Waals surface area contributed by atoms with Crippen molar-refractivity contribution in [1.82, 2.24) is 5.32 Å². The van der Waals surface area contributed by atoms with E-state index in [-0.39, 0.29) is 11.8 Å². The van der Waals surface area contributed by atoms with E-state index >= 15 is 0 Å². The van der Waals surface area contributed by atoms with Crippen LogP contribution in [0.2, 0.25) is 0 Å². The molecule has 1 N–H and O–H groups in total. The molecule has 1 fully saturated rings. The molecule has 4 nitrogen and oxygen atoms in total. The molecule has 0 spiro atoms. The summed E-state index contributed by atoms with van der Waals surface area (Å²) in [6.07, 6.45) is 1.81. The lowest BCUT2D eigenvalue weighted by atomic mass is 10.2. The average Bonchev–Trinajstić information content (AvgIpc) is 3.11. The van der Waals surface area contributed by atoms with Gasteiger partial charge in [-0.3, -0.25) is 4.79 Å². The molecule has 0 aliphatic heterocycles. The summed E-state index contributed by atoms with van der Waals surface area (Å²) in [4.78, 5) is 11.7. The number of hydrogen-bond donors (Lipinski definition) is 1. The van der Waals surface area contributed by atoms with Gasteiger partial charge in [-0.1, -0.05) is 12.1 Å². The second-order valence-corrected chi connectivity index (χ2v) is 7.18. The zero-order valence-electron chi connectivity index (χ0n) is 10.6. The van der Waals surface area contributed by atoms with E-state index in [0.717, 1.165) is 12.8 Å². The maximum atomic E-state index is 13.0. The molecule has 1 amide bonds. The minimum absolute atomic E-state index is 0.124. The van der Waals surface area contributed by atoms with Crippen molar-refractivity contribution in [3.05, 3.63) is 35.6 Å². The minimum atomic E-state index is -3.63. The largest absolute Gasteiger partial charge is 0.352 e. The van der Waals surface area contributed by atoms with Gasteiger partial charge in [-0.15, -0.1) is 0 Å². The van der Waals surface area contributed by atoms with Crippen molar-refractivity contribution in [3.8, 4) is 0 Å². The molecular formula is C13H16FNO3S. The van der Waals surface area contributed by atoms with Crippen LogP contribution in [0.4, 0.5) is 4.39 Å². The fourth-order valence-corrected chi connectivity index (χ4v) is 2.98. The van der Waals surface area contributed by atoms with Crippen molar-refractivity contribution in [2.45, 2.75) is 36.8 Å². The predicted molar refractivity (Wildman–Crippen MR) is 69.7 cm³/mol. The van der Waals surface area contributed by atoms with E-state index in [1.165, 1.54) is 31.2 Å². The van der Waals surface area contributed by atoms with Crippen LogP contribution in [0.5, 0.6) is 0 Å². The molecule has 0 saturated heterocycles. The fourth-order valence-electron chi connectivity index (χ4n) is 1.69. The third-order valence-corrected chi connectivity index (χ3v) is 5.12. The summed E-state index contributed by atoms with van der Waals surface area (Å²) in [7, 11) is -3.63. The minimum Gasteiger partial charge on any atom is -0.352 e. The normalized spacial score (nSPS) is 16.9. The third-order valence-electron chi connectivity index (χ3n) is 3.09. The summed E-state index contributed by atoms with van der Waals surface area (Å²) in [5, 5.41) is 1.55. The Morgan fingerprint density at radius 3 is 2.74 bits per heavy atom.